The van der Waals surface area contributed by atoms with Gasteiger partial charge >= 0.3 is 0 Å². The van der Waals surface area contributed by atoms with Crippen LogP contribution in [0.15, 0.2) is 29.2 Å². The zero-order valence-electron chi connectivity index (χ0n) is 10.4. The van der Waals surface area contributed by atoms with Gasteiger partial charge in [-0.15, -0.1) is 0 Å². The van der Waals surface area contributed by atoms with Crippen LogP contribution in [0.25, 0.3) is 10.9 Å². The Hall–Kier alpha value is -2.01. The SMILES string of the molecule is COc1cc2c(=O)ccn(CCC(N)=O)c2cc1Cl. The molecule has 1 aromatic carbocycles. The molecule has 0 aliphatic rings. The highest BCUT2D eigenvalue weighted by Crippen LogP contribution is 2.28. The molecule has 0 bridgehead atoms. The Morgan fingerprint density at radius 3 is 2.84 bits per heavy atom. The predicted molar refractivity (Wildman–Crippen MR) is 73.6 cm³/mol. The van der Waals surface area contributed by atoms with E-state index in [1.807, 2.05) is 0 Å². The van der Waals surface area contributed by atoms with Crippen LogP contribution >= 0.6 is 11.6 Å². The molecule has 0 saturated heterocycles. The summed E-state index contributed by atoms with van der Waals surface area (Å²) in [6.07, 6.45) is 1.82. The second-order valence-electron chi connectivity index (χ2n) is 4.09. The molecule has 5 nitrogen and oxygen atoms in total. The summed E-state index contributed by atoms with van der Waals surface area (Å²) < 4.78 is 6.86. The van der Waals surface area contributed by atoms with Crippen LogP contribution in [0.3, 0.4) is 0 Å². The molecule has 0 aliphatic carbocycles. The van der Waals surface area contributed by atoms with Crippen molar-refractivity contribution in [1.82, 2.24) is 4.57 Å². The lowest BCUT2D eigenvalue weighted by Crippen LogP contribution is -2.15. The van der Waals surface area contributed by atoms with E-state index in [-0.39, 0.29) is 11.8 Å². The van der Waals surface area contributed by atoms with E-state index in [1.54, 1.807) is 22.9 Å². The van der Waals surface area contributed by atoms with Crippen LogP contribution in [0, 0.1) is 0 Å². The molecule has 100 valence electrons. The third kappa shape index (κ3) is 2.71. The van der Waals surface area contributed by atoms with Crippen molar-refractivity contribution in [2.45, 2.75) is 13.0 Å². The second-order valence-corrected chi connectivity index (χ2v) is 4.50. The van der Waals surface area contributed by atoms with Gasteiger partial charge in [0.2, 0.25) is 5.91 Å². The minimum absolute atomic E-state index is 0.125. The van der Waals surface area contributed by atoms with Crippen molar-refractivity contribution in [2.24, 2.45) is 5.73 Å². The van der Waals surface area contributed by atoms with Gasteiger partial charge in [0.25, 0.3) is 0 Å². The quantitative estimate of drug-likeness (QED) is 0.923. The molecule has 6 heteroatoms. The molecule has 1 aromatic heterocycles. The summed E-state index contributed by atoms with van der Waals surface area (Å²) in [5, 5.41) is 0.904. The molecule has 0 fully saturated rings. The molecule has 0 radical (unpaired) electrons. The fraction of sp³-hybridized carbons (Fsp3) is 0.231. The summed E-state index contributed by atoms with van der Waals surface area (Å²) in [6, 6.07) is 4.69. The lowest BCUT2D eigenvalue weighted by atomic mass is 10.2. The number of aromatic nitrogens is 1. The van der Waals surface area contributed by atoms with Gasteiger partial charge in [-0.3, -0.25) is 9.59 Å². The van der Waals surface area contributed by atoms with Crippen LogP contribution in [-0.4, -0.2) is 17.6 Å². The molecule has 0 saturated carbocycles. The molecule has 0 spiro atoms. The molecule has 0 atom stereocenters. The average molecular weight is 281 g/mol. The molecule has 2 N–H and O–H groups in total. The van der Waals surface area contributed by atoms with Crippen molar-refractivity contribution in [2.75, 3.05) is 7.11 Å². The van der Waals surface area contributed by atoms with Gasteiger partial charge in [-0.25, -0.2) is 0 Å². The highest BCUT2D eigenvalue weighted by molar-refractivity contribution is 6.32. The van der Waals surface area contributed by atoms with E-state index in [0.717, 1.165) is 0 Å². The number of carbonyl (C=O) groups is 1. The Balaban J connectivity index is 2.61. The van der Waals surface area contributed by atoms with Crippen molar-refractivity contribution in [3.05, 3.63) is 39.6 Å². The highest BCUT2D eigenvalue weighted by Gasteiger charge is 2.09. The fourth-order valence-corrected chi connectivity index (χ4v) is 2.12. The largest absolute Gasteiger partial charge is 0.495 e. The average Bonchev–Trinajstić information content (AvgIpc) is 2.37. The number of aryl methyl sites for hydroxylation is 1. The van der Waals surface area contributed by atoms with Crippen LogP contribution < -0.4 is 15.9 Å². The van der Waals surface area contributed by atoms with E-state index in [1.165, 1.54) is 13.2 Å². The van der Waals surface area contributed by atoms with Crippen molar-refractivity contribution >= 4 is 28.4 Å². The second kappa shape index (κ2) is 5.32. The van der Waals surface area contributed by atoms with Crippen molar-refractivity contribution in [3.63, 3.8) is 0 Å². The van der Waals surface area contributed by atoms with Crippen molar-refractivity contribution in [3.8, 4) is 5.75 Å². The van der Waals surface area contributed by atoms with Crippen molar-refractivity contribution < 1.29 is 9.53 Å². The lowest BCUT2D eigenvalue weighted by molar-refractivity contribution is -0.118. The van der Waals surface area contributed by atoms with Gasteiger partial charge in [-0.1, -0.05) is 11.6 Å². The third-order valence-corrected chi connectivity index (χ3v) is 3.15. The van der Waals surface area contributed by atoms with Crippen molar-refractivity contribution in [1.29, 1.82) is 0 Å². The summed E-state index contributed by atoms with van der Waals surface area (Å²) >= 11 is 6.06. The number of benzene rings is 1. The van der Waals surface area contributed by atoms with Gasteiger partial charge in [0.05, 0.1) is 17.6 Å². The number of nitrogens with two attached hydrogens (primary N) is 1. The summed E-state index contributed by atoms with van der Waals surface area (Å²) in [4.78, 5) is 22.7. The van der Waals surface area contributed by atoms with E-state index >= 15 is 0 Å². The Morgan fingerprint density at radius 1 is 1.47 bits per heavy atom. The zero-order valence-corrected chi connectivity index (χ0v) is 11.1. The summed E-state index contributed by atoms with van der Waals surface area (Å²) in [5.74, 6) is 0.0466. The Bertz CT molecular complexity index is 694. The molecule has 1 amide bonds. The first-order valence-corrected chi connectivity index (χ1v) is 6.05. The maximum absolute atomic E-state index is 11.8. The number of methoxy groups -OCH3 is 1. The number of carbonyl (C=O) groups excluding carboxylic acids is 1. The van der Waals surface area contributed by atoms with Crippen LogP contribution in [0.1, 0.15) is 6.42 Å². The maximum atomic E-state index is 11.8. The highest BCUT2D eigenvalue weighted by atomic mass is 35.5. The van der Waals surface area contributed by atoms with Gasteiger partial charge in [-0.2, -0.15) is 0 Å². The van der Waals surface area contributed by atoms with Gasteiger partial charge in [-0.05, 0) is 12.1 Å². The summed E-state index contributed by atoms with van der Waals surface area (Å²) in [7, 11) is 1.49. The number of hydrogen-bond donors (Lipinski definition) is 1. The maximum Gasteiger partial charge on any atom is 0.219 e. The first kappa shape index (κ1) is 13.4. The minimum Gasteiger partial charge on any atom is -0.495 e. The molecule has 2 aromatic rings. The van der Waals surface area contributed by atoms with Crippen LogP contribution in [0.2, 0.25) is 5.02 Å². The standard InChI is InChI=1S/C13H13ClN2O3/c1-19-12-6-8-10(7-9(12)14)16(4-2-11(8)17)5-3-13(15)18/h2,4,6-7H,3,5H2,1H3,(H2,15,18). The van der Waals surface area contributed by atoms with Gasteiger partial charge < -0.3 is 15.0 Å². The molecular weight excluding hydrogens is 268 g/mol. The zero-order chi connectivity index (χ0) is 14.0. The smallest absolute Gasteiger partial charge is 0.219 e. The number of primary amides is 1. The number of ether oxygens (including phenoxy) is 1. The van der Waals surface area contributed by atoms with Gasteiger partial charge in [0.15, 0.2) is 5.43 Å². The number of pyridine rings is 1. The number of fused-ring (bicyclic) bond motifs is 1. The number of halogens is 1. The van der Waals surface area contributed by atoms with Crippen LogP contribution in [0.5, 0.6) is 5.75 Å². The minimum atomic E-state index is -0.397. The molecule has 2 rings (SSSR count). The van der Waals surface area contributed by atoms with Gasteiger partial charge in [0.1, 0.15) is 5.75 Å². The number of nitrogens with zero attached hydrogens (tertiary/aromatic N) is 1. The Labute approximate surface area is 114 Å². The van der Waals surface area contributed by atoms with E-state index < -0.39 is 5.91 Å². The van der Waals surface area contributed by atoms with E-state index in [4.69, 9.17) is 22.1 Å². The van der Waals surface area contributed by atoms with E-state index in [0.29, 0.717) is 28.2 Å². The number of rotatable bonds is 4. The van der Waals surface area contributed by atoms with Crippen LogP contribution in [-0.2, 0) is 11.3 Å². The Morgan fingerprint density at radius 2 is 2.21 bits per heavy atom. The molecule has 1 heterocycles. The lowest BCUT2D eigenvalue weighted by Gasteiger charge is -2.11. The summed E-state index contributed by atoms with van der Waals surface area (Å²) in [6.45, 7) is 0.398. The van der Waals surface area contributed by atoms with E-state index in [9.17, 15) is 9.59 Å². The Kier molecular flexibility index (Phi) is 3.76. The molecule has 0 unspecified atom stereocenters. The fourth-order valence-electron chi connectivity index (χ4n) is 1.89. The van der Waals surface area contributed by atoms with E-state index in [2.05, 4.69) is 0 Å². The normalized spacial score (nSPS) is 10.6. The molecular formula is C13H13ClN2O3. The molecule has 0 aliphatic heterocycles. The summed E-state index contributed by atoms with van der Waals surface area (Å²) in [5.41, 5.74) is 5.66. The predicted octanol–water partition coefficient (Wildman–Crippen LogP) is 1.54. The molecule has 19 heavy (non-hydrogen) atoms. The third-order valence-electron chi connectivity index (χ3n) is 2.85. The number of hydrogen-bond acceptors (Lipinski definition) is 3. The van der Waals surface area contributed by atoms with Crippen LogP contribution in [0.4, 0.5) is 0 Å². The topological polar surface area (TPSA) is 74.3 Å². The first-order valence-electron chi connectivity index (χ1n) is 5.68. The monoisotopic (exact) mass is 280 g/mol. The first-order chi connectivity index (χ1) is 9.02. The van der Waals surface area contributed by atoms with Gasteiger partial charge in [0, 0.05) is 30.6 Å². The number of amides is 1.